The van der Waals surface area contributed by atoms with E-state index in [1.54, 1.807) is 19.1 Å². The van der Waals surface area contributed by atoms with Gasteiger partial charge in [-0.1, -0.05) is 23.8 Å². The second-order valence-electron chi connectivity index (χ2n) is 5.66. The third-order valence-corrected chi connectivity index (χ3v) is 3.58. The van der Waals surface area contributed by atoms with E-state index in [1.165, 1.54) is 31.2 Å². The van der Waals surface area contributed by atoms with Crippen molar-refractivity contribution >= 4 is 23.3 Å². The van der Waals surface area contributed by atoms with Crippen molar-refractivity contribution in [1.29, 1.82) is 0 Å². The Morgan fingerprint density at radius 3 is 2.52 bits per heavy atom. The van der Waals surface area contributed by atoms with Gasteiger partial charge in [0.25, 0.3) is 11.6 Å². The van der Waals surface area contributed by atoms with E-state index in [4.69, 9.17) is 4.74 Å². The van der Waals surface area contributed by atoms with Gasteiger partial charge >= 0.3 is 5.97 Å². The minimum absolute atomic E-state index is 0.141. The number of rotatable bonds is 5. The van der Waals surface area contributed by atoms with Crippen LogP contribution in [-0.2, 0) is 9.53 Å². The molecule has 130 valence electrons. The molecule has 2 rings (SSSR count). The molecule has 7 heteroatoms. The minimum atomic E-state index is -1.05. The first-order valence-corrected chi connectivity index (χ1v) is 7.61. The maximum atomic E-state index is 12.2. The number of nitrogens with zero attached hydrogens (tertiary/aromatic N) is 1. The van der Waals surface area contributed by atoms with Gasteiger partial charge in [-0.25, -0.2) is 4.79 Å². The zero-order valence-electron chi connectivity index (χ0n) is 14.1. The van der Waals surface area contributed by atoms with Crippen molar-refractivity contribution in [1.82, 2.24) is 0 Å². The van der Waals surface area contributed by atoms with E-state index in [1.807, 2.05) is 13.0 Å². The van der Waals surface area contributed by atoms with Crippen molar-refractivity contribution < 1.29 is 19.2 Å². The highest BCUT2D eigenvalue weighted by molar-refractivity contribution is 5.98. The van der Waals surface area contributed by atoms with Crippen LogP contribution in [0, 0.1) is 24.0 Å². The van der Waals surface area contributed by atoms with Gasteiger partial charge in [-0.15, -0.1) is 0 Å². The lowest BCUT2D eigenvalue weighted by Gasteiger charge is -2.14. The standard InChI is InChI=1S/C18H18N2O5/c1-11-7-8-16(12(2)9-11)18(22)25-13(3)17(21)19-14-5-4-6-15(10-14)20(23)24/h4-10,13H,1-3H3,(H,19,21). The molecule has 0 fully saturated rings. The van der Waals surface area contributed by atoms with E-state index >= 15 is 0 Å². The number of amides is 1. The summed E-state index contributed by atoms with van der Waals surface area (Å²) in [5.74, 6) is -1.17. The summed E-state index contributed by atoms with van der Waals surface area (Å²) in [5, 5.41) is 13.3. The van der Waals surface area contributed by atoms with Crippen LogP contribution in [0.25, 0.3) is 0 Å². The van der Waals surface area contributed by atoms with E-state index < -0.39 is 22.9 Å². The highest BCUT2D eigenvalue weighted by Gasteiger charge is 2.20. The van der Waals surface area contributed by atoms with E-state index in [0.717, 1.165) is 11.1 Å². The van der Waals surface area contributed by atoms with Crippen LogP contribution in [0.1, 0.15) is 28.4 Å². The molecule has 0 heterocycles. The summed E-state index contributed by atoms with van der Waals surface area (Å²) in [4.78, 5) is 34.5. The Balaban J connectivity index is 2.03. The number of aryl methyl sites for hydroxylation is 2. The Bertz CT molecular complexity index is 832. The molecular weight excluding hydrogens is 324 g/mol. The molecule has 0 radical (unpaired) electrons. The lowest BCUT2D eigenvalue weighted by molar-refractivity contribution is -0.384. The predicted molar refractivity (Wildman–Crippen MR) is 92.5 cm³/mol. The number of hydrogen-bond acceptors (Lipinski definition) is 5. The Hall–Kier alpha value is -3.22. The summed E-state index contributed by atoms with van der Waals surface area (Å²) in [6.07, 6.45) is -1.05. The van der Waals surface area contributed by atoms with Gasteiger partial charge in [0.2, 0.25) is 0 Å². The van der Waals surface area contributed by atoms with E-state index in [9.17, 15) is 19.7 Å². The van der Waals surface area contributed by atoms with Crippen molar-refractivity contribution in [3.63, 3.8) is 0 Å². The molecule has 0 aromatic heterocycles. The number of carbonyl (C=O) groups excluding carboxylic acids is 2. The van der Waals surface area contributed by atoms with Crippen LogP contribution in [0.2, 0.25) is 0 Å². The maximum Gasteiger partial charge on any atom is 0.339 e. The van der Waals surface area contributed by atoms with E-state index in [0.29, 0.717) is 5.56 Å². The first kappa shape index (κ1) is 18.1. The maximum absolute atomic E-state index is 12.2. The normalized spacial score (nSPS) is 11.5. The fraction of sp³-hybridized carbons (Fsp3) is 0.222. The monoisotopic (exact) mass is 342 g/mol. The molecule has 1 N–H and O–H groups in total. The van der Waals surface area contributed by atoms with Crippen LogP contribution in [0.4, 0.5) is 11.4 Å². The molecule has 0 bridgehead atoms. The highest BCUT2D eigenvalue weighted by Crippen LogP contribution is 2.18. The van der Waals surface area contributed by atoms with Gasteiger partial charge in [0.15, 0.2) is 6.10 Å². The molecule has 0 saturated heterocycles. The number of nitrogens with one attached hydrogen (secondary N) is 1. The van der Waals surface area contributed by atoms with E-state index in [-0.39, 0.29) is 11.4 Å². The Kier molecular flexibility index (Phi) is 5.49. The summed E-state index contributed by atoms with van der Waals surface area (Å²) in [6, 6.07) is 10.8. The summed E-state index contributed by atoms with van der Waals surface area (Å²) in [6.45, 7) is 5.14. The minimum Gasteiger partial charge on any atom is -0.449 e. The fourth-order valence-electron chi connectivity index (χ4n) is 2.26. The highest BCUT2D eigenvalue weighted by atomic mass is 16.6. The smallest absolute Gasteiger partial charge is 0.339 e. The number of non-ortho nitro benzene ring substituents is 1. The SMILES string of the molecule is Cc1ccc(C(=O)OC(C)C(=O)Nc2cccc([N+](=O)[O-])c2)c(C)c1. The van der Waals surface area contributed by atoms with Crippen molar-refractivity contribution in [3.8, 4) is 0 Å². The van der Waals surface area contributed by atoms with Crippen LogP contribution in [0.5, 0.6) is 0 Å². The largest absolute Gasteiger partial charge is 0.449 e. The molecule has 25 heavy (non-hydrogen) atoms. The first-order chi connectivity index (χ1) is 11.8. The Morgan fingerprint density at radius 1 is 1.16 bits per heavy atom. The molecule has 7 nitrogen and oxygen atoms in total. The quantitative estimate of drug-likeness (QED) is 0.510. The third-order valence-electron chi connectivity index (χ3n) is 3.58. The Morgan fingerprint density at radius 2 is 1.88 bits per heavy atom. The van der Waals surface area contributed by atoms with Crippen LogP contribution in [-0.4, -0.2) is 22.9 Å². The number of anilines is 1. The Labute approximate surface area is 144 Å². The average molecular weight is 342 g/mol. The van der Waals surface area contributed by atoms with Gasteiger partial charge in [0.1, 0.15) is 0 Å². The molecule has 2 aromatic carbocycles. The molecule has 1 amide bonds. The molecule has 1 unspecified atom stereocenters. The predicted octanol–water partition coefficient (Wildman–Crippen LogP) is 3.40. The second-order valence-corrected chi connectivity index (χ2v) is 5.66. The molecule has 0 saturated carbocycles. The summed E-state index contributed by atoms with van der Waals surface area (Å²) in [5.41, 5.74) is 2.29. The number of carbonyl (C=O) groups is 2. The zero-order chi connectivity index (χ0) is 18.6. The second kappa shape index (κ2) is 7.57. The van der Waals surface area contributed by atoms with Gasteiger partial charge in [0, 0.05) is 17.8 Å². The van der Waals surface area contributed by atoms with Gasteiger partial charge in [-0.3, -0.25) is 14.9 Å². The molecule has 0 aliphatic carbocycles. The van der Waals surface area contributed by atoms with E-state index in [2.05, 4.69) is 5.32 Å². The first-order valence-electron chi connectivity index (χ1n) is 7.61. The van der Waals surface area contributed by atoms with Crippen molar-refractivity contribution in [2.24, 2.45) is 0 Å². The van der Waals surface area contributed by atoms with Crippen molar-refractivity contribution in [3.05, 3.63) is 69.3 Å². The van der Waals surface area contributed by atoms with Crippen LogP contribution < -0.4 is 5.32 Å². The molecule has 2 aromatic rings. The van der Waals surface area contributed by atoms with Crippen molar-refractivity contribution in [2.75, 3.05) is 5.32 Å². The van der Waals surface area contributed by atoms with Crippen molar-refractivity contribution in [2.45, 2.75) is 26.9 Å². The number of esters is 1. The molecule has 1 atom stereocenters. The summed E-state index contributed by atoms with van der Waals surface area (Å²) in [7, 11) is 0. The summed E-state index contributed by atoms with van der Waals surface area (Å²) >= 11 is 0. The van der Waals surface area contributed by atoms with Gasteiger partial charge in [0.05, 0.1) is 10.5 Å². The number of benzene rings is 2. The number of nitro groups is 1. The molecule has 0 aliphatic rings. The van der Waals surface area contributed by atoms with Crippen LogP contribution in [0.15, 0.2) is 42.5 Å². The third kappa shape index (κ3) is 4.63. The van der Waals surface area contributed by atoms with Crippen LogP contribution in [0.3, 0.4) is 0 Å². The lowest BCUT2D eigenvalue weighted by Crippen LogP contribution is -2.30. The number of hydrogen-bond donors (Lipinski definition) is 1. The number of ether oxygens (including phenoxy) is 1. The number of nitro benzene ring substituents is 1. The fourth-order valence-corrected chi connectivity index (χ4v) is 2.26. The van der Waals surface area contributed by atoms with Gasteiger partial charge < -0.3 is 10.1 Å². The van der Waals surface area contributed by atoms with Gasteiger partial charge in [-0.2, -0.15) is 0 Å². The van der Waals surface area contributed by atoms with Gasteiger partial charge in [-0.05, 0) is 38.5 Å². The molecule has 0 aliphatic heterocycles. The average Bonchev–Trinajstić information content (AvgIpc) is 2.54. The molecular formula is C18H18N2O5. The zero-order valence-corrected chi connectivity index (χ0v) is 14.1. The summed E-state index contributed by atoms with van der Waals surface area (Å²) < 4.78 is 5.18. The van der Waals surface area contributed by atoms with Crippen LogP contribution >= 0.6 is 0 Å². The topological polar surface area (TPSA) is 98.5 Å². The lowest BCUT2D eigenvalue weighted by atomic mass is 10.1. The molecule has 0 spiro atoms.